The van der Waals surface area contributed by atoms with Crippen LogP contribution in [0, 0.1) is 17.3 Å². The summed E-state index contributed by atoms with van der Waals surface area (Å²) in [6.07, 6.45) is 5.81. The van der Waals surface area contributed by atoms with E-state index >= 15 is 0 Å². The molecule has 3 aliphatic rings. The molecule has 3 aliphatic heterocycles. The first-order valence-corrected chi connectivity index (χ1v) is 13.6. The monoisotopic (exact) mass is 517 g/mol. The molecule has 1 N–H and O–H groups in total. The lowest BCUT2D eigenvalue weighted by Gasteiger charge is -2.45. The zero-order valence-electron chi connectivity index (χ0n) is 23.9. The molecular formula is C29H47N3O5. The third kappa shape index (κ3) is 4.76. The van der Waals surface area contributed by atoms with Crippen molar-refractivity contribution in [1.82, 2.24) is 14.7 Å². The van der Waals surface area contributed by atoms with Crippen molar-refractivity contribution in [1.29, 1.82) is 0 Å². The number of aliphatic hydroxyl groups is 1. The third-order valence-electron chi connectivity index (χ3n) is 8.57. The minimum Gasteiger partial charge on any atom is -0.395 e. The largest absolute Gasteiger partial charge is 0.395 e. The molecule has 37 heavy (non-hydrogen) atoms. The van der Waals surface area contributed by atoms with E-state index in [1.807, 2.05) is 20.8 Å². The minimum absolute atomic E-state index is 0.0149. The maximum absolute atomic E-state index is 14.5. The second-order valence-corrected chi connectivity index (χ2v) is 12.9. The lowest BCUT2D eigenvalue weighted by molar-refractivity contribution is -0.158. The molecule has 8 heteroatoms. The summed E-state index contributed by atoms with van der Waals surface area (Å²) < 4.78 is 6.81. The van der Waals surface area contributed by atoms with Gasteiger partial charge in [-0.15, -0.1) is 13.2 Å². The number of nitrogens with zero attached hydrogens (tertiary/aromatic N) is 3. The average Bonchev–Trinajstić information content (AvgIpc) is 3.39. The number of rotatable bonds is 11. The molecule has 0 radical (unpaired) electrons. The summed E-state index contributed by atoms with van der Waals surface area (Å²) in [7, 11) is 1.71. The zero-order chi connectivity index (χ0) is 28.0. The van der Waals surface area contributed by atoms with Gasteiger partial charge in [-0.1, -0.05) is 39.8 Å². The summed E-state index contributed by atoms with van der Waals surface area (Å²) in [5.41, 5.74) is -2.46. The first kappa shape index (κ1) is 29.4. The van der Waals surface area contributed by atoms with Crippen LogP contribution in [0.2, 0.25) is 0 Å². The van der Waals surface area contributed by atoms with E-state index in [0.717, 1.165) is 6.42 Å². The van der Waals surface area contributed by atoms with Gasteiger partial charge in [-0.25, -0.2) is 0 Å². The number of carbonyl (C=O) groups is 3. The van der Waals surface area contributed by atoms with Crippen LogP contribution in [0.1, 0.15) is 67.2 Å². The molecular weight excluding hydrogens is 470 g/mol. The van der Waals surface area contributed by atoms with Crippen LogP contribution >= 0.6 is 0 Å². The van der Waals surface area contributed by atoms with Crippen molar-refractivity contribution in [2.75, 3.05) is 33.3 Å². The van der Waals surface area contributed by atoms with Crippen LogP contribution < -0.4 is 0 Å². The van der Waals surface area contributed by atoms with Crippen LogP contribution in [0.25, 0.3) is 0 Å². The molecule has 3 amide bonds. The van der Waals surface area contributed by atoms with Crippen LogP contribution in [0.3, 0.4) is 0 Å². The van der Waals surface area contributed by atoms with Gasteiger partial charge >= 0.3 is 0 Å². The Bertz CT molecular complexity index is 940. The van der Waals surface area contributed by atoms with Crippen LogP contribution in [-0.4, -0.2) is 93.6 Å². The number of likely N-dealkylation sites (tertiary alicyclic amines) is 1. The lowest BCUT2D eigenvalue weighted by Crippen LogP contribution is -2.61. The molecule has 208 valence electrons. The normalized spacial score (nSPS) is 30.9. The number of likely N-dealkylation sites (N-methyl/N-ethyl adjacent to an activating group) is 1. The summed E-state index contributed by atoms with van der Waals surface area (Å²) >= 11 is 0. The van der Waals surface area contributed by atoms with E-state index in [-0.39, 0.29) is 36.3 Å². The highest BCUT2D eigenvalue weighted by atomic mass is 16.5. The molecule has 3 saturated heterocycles. The Morgan fingerprint density at radius 3 is 2.27 bits per heavy atom. The summed E-state index contributed by atoms with van der Waals surface area (Å²) in [6.45, 7) is 20.5. The maximum Gasteiger partial charge on any atom is 0.249 e. The Labute approximate surface area is 222 Å². The predicted octanol–water partition coefficient (Wildman–Crippen LogP) is 3.01. The average molecular weight is 518 g/mol. The Balaban J connectivity index is 2.13. The van der Waals surface area contributed by atoms with Gasteiger partial charge in [0.15, 0.2) is 0 Å². The molecule has 0 aromatic carbocycles. The number of ether oxygens (including phenoxy) is 1. The summed E-state index contributed by atoms with van der Waals surface area (Å²) in [5, 5.41) is 9.90. The maximum atomic E-state index is 14.5. The second kappa shape index (κ2) is 10.2. The van der Waals surface area contributed by atoms with Crippen molar-refractivity contribution < 1.29 is 24.2 Å². The van der Waals surface area contributed by atoms with Gasteiger partial charge in [0.2, 0.25) is 17.7 Å². The van der Waals surface area contributed by atoms with Gasteiger partial charge in [-0.2, -0.15) is 0 Å². The summed E-state index contributed by atoms with van der Waals surface area (Å²) in [5.74, 6) is -2.09. The molecule has 5 atom stereocenters. The van der Waals surface area contributed by atoms with E-state index in [1.54, 1.807) is 29.0 Å². The standard InChI is InChI=1S/C29H47N3O5/c1-10-15-30(9)23(34)20-21-24(35)31(17-18-33)22(29(21)14-13-28(20,12-3)37-29)25(36)32(16-11-2)27(7,8)19-26(4,5)6/h10-11,20-22,33H,1-2,12-19H2,3-9H3/t20-,21+,22?,28+,29?/m1/s1. The summed E-state index contributed by atoms with van der Waals surface area (Å²) in [4.78, 5) is 47.2. The number of amides is 3. The number of aliphatic hydroxyl groups excluding tert-OH is 1. The highest BCUT2D eigenvalue weighted by Crippen LogP contribution is 2.64. The van der Waals surface area contributed by atoms with Crippen LogP contribution in [0.15, 0.2) is 25.3 Å². The first-order valence-electron chi connectivity index (χ1n) is 13.6. The van der Waals surface area contributed by atoms with E-state index in [9.17, 15) is 19.5 Å². The van der Waals surface area contributed by atoms with Gasteiger partial charge < -0.3 is 24.5 Å². The molecule has 3 heterocycles. The van der Waals surface area contributed by atoms with Crippen molar-refractivity contribution in [2.45, 2.75) is 90.0 Å². The van der Waals surface area contributed by atoms with E-state index in [0.29, 0.717) is 32.4 Å². The quantitative estimate of drug-likeness (QED) is 0.426. The van der Waals surface area contributed by atoms with Crippen molar-refractivity contribution >= 4 is 17.7 Å². The van der Waals surface area contributed by atoms with E-state index < -0.39 is 34.6 Å². The molecule has 3 rings (SSSR count). The Kier molecular flexibility index (Phi) is 8.08. The number of carbonyl (C=O) groups excluding carboxylic acids is 3. The van der Waals surface area contributed by atoms with E-state index in [4.69, 9.17) is 4.74 Å². The Morgan fingerprint density at radius 1 is 1.14 bits per heavy atom. The number of hydrogen-bond acceptors (Lipinski definition) is 5. The highest BCUT2D eigenvalue weighted by molar-refractivity contribution is 5.99. The molecule has 8 nitrogen and oxygen atoms in total. The van der Waals surface area contributed by atoms with Gasteiger partial charge in [0, 0.05) is 32.2 Å². The molecule has 2 bridgehead atoms. The highest BCUT2D eigenvalue weighted by Gasteiger charge is 2.79. The molecule has 1 spiro atoms. The number of hydrogen-bond donors (Lipinski definition) is 1. The topological polar surface area (TPSA) is 90.4 Å². The minimum atomic E-state index is -1.11. The van der Waals surface area contributed by atoms with E-state index in [2.05, 4.69) is 33.9 Å². The van der Waals surface area contributed by atoms with Gasteiger partial charge in [-0.3, -0.25) is 14.4 Å². The van der Waals surface area contributed by atoms with Gasteiger partial charge in [-0.05, 0) is 44.9 Å². The van der Waals surface area contributed by atoms with Crippen molar-refractivity contribution in [3.63, 3.8) is 0 Å². The second-order valence-electron chi connectivity index (χ2n) is 12.9. The Hall–Kier alpha value is -2.19. The smallest absolute Gasteiger partial charge is 0.249 e. The molecule has 2 unspecified atom stereocenters. The van der Waals surface area contributed by atoms with Crippen LogP contribution in [0.4, 0.5) is 0 Å². The van der Waals surface area contributed by atoms with Crippen LogP contribution in [-0.2, 0) is 19.1 Å². The number of fused-ring (bicyclic) bond motifs is 1. The molecule has 0 saturated carbocycles. The molecule has 3 fully saturated rings. The van der Waals surface area contributed by atoms with Crippen LogP contribution in [0.5, 0.6) is 0 Å². The zero-order valence-corrected chi connectivity index (χ0v) is 23.9. The fourth-order valence-corrected chi connectivity index (χ4v) is 7.55. The van der Waals surface area contributed by atoms with Crippen molar-refractivity contribution in [3.05, 3.63) is 25.3 Å². The van der Waals surface area contributed by atoms with Crippen molar-refractivity contribution in [2.24, 2.45) is 17.3 Å². The van der Waals surface area contributed by atoms with Gasteiger partial charge in [0.25, 0.3) is 0 Å². The van der Waals surface area contributed by atoms with Gasteiger partial charge in [0.1, 0.15) is 11.6 Å². The third-order valence-corrected chi connectivity index (χ3v) is 8.57. The van der Waals surface area contributed by atoms with Gasteiger partial charge in [0.05, 0.1) is 24.0 Å². The summed E-state index contributed by atoms with van der Waals surface area (Å²) in [6, 6.07) is -0.910. The fourth-order valence-electron chi connectivity index (χ4n) is 7.55. The van der Waals surface area contributed by atoms with E-state index in [1.165, 1.54) is 4.90 Å². The number of β-amino-alcohol motifs (C(OH)–C–C–N with tert-alkyl or cyclic N) is 1. The predicted molar refractivity (Wildman–Crippen MR) is 144 cm³/mol. The van der Waals surface area contributed by atoms with Crippen molar-refractivity contribution in [3.8, 4) is 0 Å². The molecule has 0 aromatic heterocycles. The SMILES string of the molecule is C=CCN(C)C(=O)[C@H]1[C@H]2C(=O)N(CCO)C(C(=O)N(CC=C)C(C)(C)CC(C)(C)C)C23CC[C@]1(CC)O3. The lowest BCUT2D eigenvalue weighted by atomic mass is 9.64. The Morgan fingerprint density at radius 2 is 1.76 bits per heavy atom. The molecule has 0 aliphatic carbocycles. The molecule has 0 aromatic rings. The first-order chi connectivity index (χ1) is 17.2. The fraction of sp³-hybridized carbons (Fsp3) is 0.759.